The minimum Gasteiger partial charge on any atom is -0.367 e. The first-order chi connectivity index (χ1) is 12.8. The number of nitrogens with two attached hydrogens (primary N) is 1. The standard InChI is InChI=1S/C19H19N5O3/c1-19(2)11-12-6-3-4-9-15(12)16(21-19)17(18(20)25)23-22-13-7-5-8-14(10-13)24(26)27/h3-10,17H,11H2,1-2H3,(H2,20,25). The zero-order valence-corrected chi connectivity index (χ0v) is 15.0. The molecule has 0 saturated heterocycles. The van der Waals surface area contributed by atoms with Crippen molar-refractivity contribution < 1.29 is 9.72 Å². The third-order valence-electron chi connectivity index (χ3n) is 4.20. The second-order valence-corrected chi connectivity index (χ2v) is 6.94. The summed E-state index contributed by atoms with van der Waals surface area (Å²) in [5.41, 5.74) is 7.66. The van der Waals surface area contributed by atoms with Gasteiger partial charge in [0.15, 0.2) is 6.04 Å². The molecule has 138 valence electrons. The molecule has 0 radical (unpaired) electrons. The SMILES string of the molecule is CC1(C)Cc2ccccc2C(C(N=Nc2cccc([N+](=O)[O-])c2)C(N)=O)=N1. The van der Waals surface area contributed by atoms with Gasteiger partial charge in [-0.3, -0.25) is 19.9 Å². The van der Waals surface area contributed by atoms with Crippen LogP contribution in [0.1, 0.15) is 25.0 Å². The number of nitrogens with zero attached hydrogens (tertiary/aromatic N) is 4. The fourth-order valence-electron chi connectivity index (χ4n) is 3.06. The zero-order chi connectivity index (χ0) is 19.6. The monoisotopic (exact) mass is 365 g/mol. The molecule has 1 atom stereocenters. The maximum absolute atomic E-state index is 12.1. The third kappa shape index (κ3) is 4.05. The summed E-state index contributed by atoms with van der Waals surface area (Å²) in [5.74, 6) is -0.685. The van der Waals surface area contributed by atoms with Gasteiger partial charge in [0.25, 0.3) is 5.69 Å². The molecule has 0 aromatic heterocycles. The molecule has 1 aliphatic heterocycles. The first-order valence-corrected chi connectivity index (χ1v) is 8.39. The lowest BCUT2D eigenvalue weighted by Gasteiger charge is -2.30. The highest BCUT2D eigenvalue weighted by Crippen LogP contribution is 2.29. The van der Waals surface area contributed by atoms with E-state index in [0.29, 0.717) is 5.71 Å². The van der Waals surface area contributed by atoms with Crippen LogP contribution in [0.15, 0.2) is 63.8 Å². The van der Waals surface area contributed by atoms with Crippen LogP contribution in [0, 0.1) is 10.1 Å². The molecular formula is C19H19N5O3. The topological polar surface area (TPSA) is 123 Å². The van der Waals surface area contributed by atoms with Crippen LogP contribution in [0.2, 0.25) is 0 Å². The average molecular weight is 365 g/mol. The molecule has 0 aliphatic carbocycles. The van der Waals surface area contributed by atoms with Crippen molar-refractivity contribution in [2.24, 2.45) is 21.0 Å². The minimum absolute atomic E-state index is 0.108. The number of primary amides is 1. The van der Waals surface area contributed by atoms with Gasteiger partial charge in [-0.05, 0) is 31.9 Å². The van der Waals surface area contributed by atoms with Crippen LogP contribution >= 0.6 is 0 Å². The van der Waals surface area contributed by atoms with Gasteiger partial charge in [0, 0.05) is 17.7 Å². The molecular weight excluding hydrogens is 346 g/mol. The maximum Gasteiger partial charge on any atom is 0.271 e. The van der Waals surface area contributed by atoms with Gasteiger partial charge in [0.05, 0.1) is 21.9 Å². The predicted molar refractivity (Wildman–Crippen MR) is 101 cm³/mol. The fourth-order valence-corrected chi connectivity index (χ4v) is 3.06. The summed E-state index contributed by atoms with van der Waals surface area (Å²) in [6.45, 7) is 3.94. The smallest absolute Gasteiger partial charge is 0.271 e. The van der Waals surface area contributed by atoms with Crippen molar-refractivity contribution in [1.82, 2.24) is 0 Å². The molecule has 8 nitrogen and oxygen atoms in total. The van der Waals surface area contributed by atoms with Crippen molar-refractivity contribution in [3.63, 3.8) is 0 Å². The van der Waals surface area contributed by atoms with Crippen LogP contribution in [0.5, 0.6) is 0 Å². The van der Waals surface area contributed by atoms with E-state index in [1.807, 2.05) is 38.1 Å². The van der Waals surface area contributed by atoms with Gasteiger partial charge in [-0.1, -0.05) is 30.3 Å². The lowest BCUT2D eigenvalue weighted by atomic mass is 9.85. The Balaban J connectivity index is 2.01. The number of fused-ring (bicyclic) bond motifs is 1. The Kier molecular flexibility index (Phi) is 4.81. The van der Waals surface area contributed by atoms with E-state index in [0.717, 1.165) is 17.5 Å². The lowest BCUT2D eigenvalue weighted by molar-refractivity contribution is -0.384. The predicted octanol–water partition coefficient (Wildman–Crippen LogP) is 3.36. The Morgan fingerprint density at radius 2 is 2.00 bits per heavy atom. The maximum atomic E-state index is 12.1. The second-order valence-electron chi connectivity index (χ2n) is 6.94. The van der Waals surface area contributed by atoms with E-state index in [1.54, 1.807) is 6.07 Å². The van der Waals surface area contributed by atoms with Crippen molar-refractivity contribution in [2.45, 2.75) is 31.8 Å². The van der Waals surface area contributed by atoms with Crippen molar-refractivity contribution in [3.05, 3.63) is 69.8 Å². The summed E-state index contributed by atoms with van der Waals surface area (Å²) in [6, 6.07) is 12.3. The molecule has 27 heavy (non-hydrogen) atoms. The van der Waals surface area contributed by atoms with Crippen molar-refractivity contribution >= 4 is 23.0 Å². The van der Waals surface area contributed by atoms with Crippen molar-refractivity contribution in [3.8, 4) is 0 Å². The first-order valence-electron chi connectivity index (χ1n) is 8.39. The van der Waals surface area contributed by atoms with Crippen LogP contribution in [0.4, 0.5) is 11.4 Å². The first kappa shape index (κ1) is 18.4. The van der Waals surface area contributed by atoms with Crippen molar-refractivity contribution in [2.75, 3.05) is 0 Å². The summed E-state index contributed by atoms with van der Waals surface area (Å²) >= 11 is 0. The summed E-state index contributed by atoms with van der Waals surface area (Å²) in [4.78, 5) is 27.2. The number of non-ortho nitro benzene ring substituents is 1. The highest BCUT2D eigenvalue weighted by atomic mass is 16.6. The molecule has 0 spiro atoms. The Morgan fingerprint density at radius 3 is 2.70 bits per heavy atom. The molecule has 1 amide bonds. The molecule has 1 unspecified atom stereocenters. The van der Waals surface area contributed by atoms with Crippen LogP contribution in [-0.2, 0) is 11.2 Å². The number of hydrogen-bond donors (Lipinski definition) is 1. The number of nitro benzene ring substituents is 1. The Labute approximate surface area is 156 Å². The third-order valence-corrected chi connectivity index (χ3v) is 4.20. The number of rotatable bonds is 5. The number of carbonyl (C=O) groups is 1. The molecule has 0 saturated carbocycles. The van der Waals surface area contributed by atoms with E-state index in [9.17, 15) is 14.9 Å². The molecule has 8 heteroatoms. The van der Waals surface area contributed by atoms with Gasteiger partial charge in [0.1, 0.15) is 0 Å². The van der Waals surface area contributed by atoms with E-state index in [-0.39, 0.29) is 11.4 Å². The van der Waals surface area contributed by atoms with E-state index in [1.165, 1.54) is 18.2 Å². The number of hydrogen-bond acceptors (Lipinski definition) is 6. The highest BCUT2D eigenvalue weighted by molar-refractivity contribution is 6.17. The van der Waals surface area contributed by atoms with E-state index < -0.39 is 22.4 Å². The summed E-state index contributed by atoms with van der Waals surface area (Å²) < 4.78 is 0. The Hall–Kier alpha value is -3.42. The van der Waals surface area contributed by atoms with E-state index in [2.05, 4.69) is 15.2 Å². The highest BCUT2D eigenvalue weighted by Gasteiger charge is 2.33. The van der Waals surface area contributed by atoms with Crippen molar-refractivity contribution in [1.29, 1.82) is 0 Å². The van der Waals surface area contributed by atoms with Gasteiger partial charge in [-0.15, -0.1) is 0 Å². The Bertz CT molecular complexity index is 965. The normalized spacial score (nSPS) is 16.4. The molecule has 3 rings (SSSR count). The zero-order valence-electron chi connectivity index (χ0n) is 15.0. The number of amides is 1. The molecule has 2 aromatic carbocycles. The number of azo groups is 1. The molecule has 1 aliphatic rings. The van der Waals surface area contributed by atoms with Gasteiger partial charge < -0.3 is 5.73 Å². The molecule has 0 bridgehead atoms. The molecule has 2 aromatic rings. The second kappa shape index (κ2) is 7.06. The molecule has 0 fully saturated rings. The van der Waals surface area contributed by atoms with Crippen LogP contribution in [0.3, 0.4) is 0 Å². The summed E-state index contributed by atoms with van der Waals surface area (Å²) in [5, 5.41) is 19.0. The van der Waals surface area contributed by atoms with Crippen LogP contribution in [-0.4, -0.2) is 28.1 Å². The fraction of sp³-hybridized carbons (Fsp3) is 0.263. The van der Waals surface area contributed by atoms with E-state index >= 15 is 0 Å². The van der Waals surface area contributed by atoms with Gasteiger partial charge in [0.2, 0.25) is 5.91 Å². The van der Waals surface area contributed by atoms with Gasteiger partial charge in [-0.2, -0.15) is 10.2 Å². The lowest BCUT2D eigenvalue weighted by Crippen LogP contribution is -2.40. The molecule has 2 N–H and O–H groups in total. The van der Waals surface area contributed by atoms with Gasteiger partial charge in [-0.25, -0.2) is 0 Å². The number of benzene rings is 2. The van der Waals surface area contributed by atoms with E-state index in [4.69, 9.17) is 5.73 Å². The summed E-state index contributed by atoms with van der Waals surface area (Å²) in [6.07, 6.45) is 0.736. The average Bonchev–Trinajstić information content (AvgIpc) is 2.60. The largest absolute Gasteiger partial charge is 0.367 e. The van der Waals surface area contributed by atoms with Gasteiger partial charge >= 0.3 is 0 Å². The molecule has 1 heterocycles. The minimum atomic E-state index is -1.08. The van der Waals surface area contributed by atoms with Crippen LogP contribution in [0.25, 0.3) is 0 Å². The number of nitro groups is 1. The Morgan fingerprint density at radius 1 is 1.26 bits per heavy atom. The van der Waals surface area contributed by atoms with Crippen LogP contribution < -0.4 is 5.73 Å². The number of carbonyl (C=O) groups excluding carboxylic acids is 1. The quantitative estimate of drug-likeness (QED) is 0.496. The summed E-state index contributed by atoms with van der Waals surface area (Å²) in [7, 11) is 0. The number of aliphatic imine (C=N–C) groups is 1.